The fourth-order valence-corrected chi connectivity index (χ4v) is 3.22. The summed E-state index contributed by atoms with van der Waals surface area (Å²) in [6.45, 7) is 3.30. The van der Waals surface area contributed by atoms with Crippen molar-refractivity contribution in [3.05, 3.63) is 10.5 Å². The lowest BCUT2D eigenvalue weighted by atomic mass is 10.1. The first-order valence-electron chi connectivity index (χ1n) is 6.77. The smallest absolute Gasteiger partial charge is 0.268 e. The molecule has 22 heavy (non-hydrogen) atoms. The minimum absolute atomic E-state index is 0.00998. The van der Waals surface area contributed by atoms with Crippen molar-refractivity contribution in [3.63, 3.8) is 0 Å². The zero-order valence-corrected chi connectivity index (χ0v) is 12.9. The van der Waals surface area contributed by atoms with E-state index in [0.717, 1.165) is 0 Å². The van der Waals surface area contributed by atoms with Crippen LogP contribution in [0.1, 0.15) is 30.6 Å². The number of rotatable bonds is 3. The molecule has 0 spiro atoms. The van der Waals surface area contributed by atoms with Crippen LogP contribution in [0.15, 0.2) is 0 Å². The number of hydrogen-bond donors (Lipinski definition) is 4. The number of aromatic nitrogens is 2. The second kappa shape index (κ2) is 5.03. The number of fused-ring (bicyclic) bond motifs is 1. The lowest BCUT2D eigenvalue weighted by molar-refractivity contribution is -0.200. The van der Waals surface area contributed by atoms with Gasteiger partial charge in [0.1, 0.15) is 29.8 Å². The van der Waals surface area contributed by atoms with Gasteiger partial charge in [0.25, 0.3) is 5.91 Å². The third-order valence-electron chi connectivity index (χ3n) is 3.77. The third-order valence-corrected chi connectivity index (χ3v) is 4.07. The summed E-state index contributed by atoms with van der Waals surface area (Å²) in [4.78, 5) is 14.0. The van der Waals surface area contributed by atoms with Crippen LogP contribution in [-0.2, 0) is 14.2 Å². The maximum absolute atomic E-state index is 11.4. The number of carbonyl (C=O) groups is 1. The SMILES string of the molecule is CC1(C)O[C@@H]2[C@H](O1)[C@@H](CO)O[C@H]2n1c(N)c(C(N)=O)[nH]c1=S. The summed E-state index contributed by atoms with van der Waals surface area (Å²) in [6, 6.07) is 0. The lowest BCUT2D eigenvalue weighted by Crippen LogP contribution is -2.31. The third kappa shape index (κ3) is 2.23. The fraction of sp³-hybridized carbons (Fsp3) is 0.667. The number of hydrogen-bond acceptors (Lipinski definition) is 7. The summed E-state index contributed by atoms with van der Waals surface area (Å²) in [5.41, 5.74) is 11.2. The van der Waals surface area contributed by atoms with Crippen molar-refractivity contribution in [2.45, 2.75) is 44.2 Å². The molecule has 6 N–H and O–H groups in total. The van der Waals surface area contributed by atoms with Gasteiger partial charge in [0.05, 0.1) is 6.61 Å². The first kappa shape index (κ1) is 15.4. The minimum atomic E-state index is -0.815. The normalized spacial score (nSPS) is 33.0. The van der Waals surface area contributed by atoms with Crippen LogP contribution >= 0.6 is 12.2 Å². The van der Waals surface area contributed by atoms with E-state index in [-0.39, 0.29) is 22.9 Å². The Hall–Kier alpha value is -1.46. The van der Waals surface area contributed by atoms with Crippen LogP contribution < -0.4 is 11.5 Å². The average molecular weight is 330 g/mol. The van der Waals surface area contributed by atoms with Gasteiger partial charge in [-0.2, -0.15) is 0 Å². The van der Waals surface area contributed by atoms with E-state index < -0.39 is 36.2 Å². The van der Waals surface area contributed by atoms with Crippen molar-refractivity contribution in [2.75, 3.05) is 12.3 Å². The highest BCUT2D eigenvalue weighted by Crippen LogP contribution is 2.43. The van der Waals surface area contributed by atoms with Gasteiger partial charge in [-0.1, -0.05) is 0 Å². The quantitative estimate of drug-likeness (QED) is 0.555. The Morgan fingerprint density at radius 2 is 2.09 bits per heavy atom. The number of ether oxygens (including phenoxy) is 3. The van der Waals surface area contributed by atoms with Crippen LogP contribution in [0, 0.1) is 4.77 Å². The zero-order chi connectivity index (χ0) is 16.2. The van der Waals surface area contributed by atoms with Gasteiger partial charge in [0.15, 0.2) is 16.8 Å². The summed E-state index contributed by atoms with van der Waals surface area (Å²) < 4.78 is 19.0. The molecular formula is C12H18N4O5S. The van der Waals surface area contributed by atoms with Gasteiger partial charge in [-0.05, 0) is 26.1 Å². The molecule has 0 aromatic carbocycles. The van der Waals surface area contributed by atoms with E-state index in [4.69, 9.17) is 37.9 Å². The molecule has 0 saturated carbocycles. The Kier molecular flexibility index (Phi) is 3.53. The molecule has 1 aromatic heterocycles. The number of imidazole rings is 1. The maximum Gasteiger partial charge on any atom is 0.268 e. The maximum atomic E-state index is 11.4. The van der Waals surface area contributed by atoms with Gasteiger partial charge >= 0.3 is 0 Å². The van der Waals surface area contributed by atoms with Crippen LogP contribution in [0.25, 0.3) is 0 Å². The van der Waals surface area contributed by atoms with Crippen molar-refractivity contribution >= 4 is 23.9 Å². The molecule has 1 amide bonds. The largest absolute Gasteiger partial charge is 0.394 e. The Balaban J connectivity index is 2.02. The van der Waals surface area contributed by atoms with E-state index >= 15 is 0 Å². The molecule has 122 valence electrons. The van der Waals surface area contributed by atoms with E-state index in [1.54, 1.807) is 13.8 Å². The first-order valence-corrected chi connectivity index (χ1v) is 7.17. The van der Waals surface area contributed by atoms with Crippen LogP contribution in [-0.4, -0.2) is 51.3 Å². The summed E-state index contributed by atoms with van der Waals surface area (Å²) in [6.07, 6.45) is -2.28. The summed E-state index contributed by atoms with van der Waals surface area (Å²) in [7, 11) is 0. The number of aliphatic hydroxyl groups excluding tert-OH is 1. The molecule has 0 bridgehead atoms. The van der Waals surface area contributed by atoms with Crippen LogP contribution in [0.5, 0.6) is 0 Å². The summed E-state index contributed by atoms with van der Waals surface area (Å²) in [5.74, 6) is -1.47. The highest BCUT2D eigenvalue weighted by atomic mass is 32.1. The van der Waals surface area contributed by atoms with E-state index in [0.29, 0.717) is 0 Å². The predicted octanol–water partition coefficient (Wildman–Crippen LogP) is -0.363. The molecule has 2 fully saturated rings. The van der Waals surface area contributed by atoms with E-state index in [1.165, 1.54) is 4.57 Å². The van der Waals surface area contributed by atoms with Gasteiger partial charge in [-0.15, -0.1) is 0 Å². The first-order chi connectivity index (χ1) is 10.2. The van der Waals surface area contributed by atoms with Gasteiger partial charge in [-0.25, -0.2) is 0 Å². The molecule has 3 rings (SSSR count). The molecule has 4 atom stereocenters. The predicted molar refractivity (Wildman–Crippen MR) is 77.4 cm³/mol. The number of primary amides is 1. The van der Waals surface area contributed by atoms with E-state index in [1.807, 2.05) is 0 Å². The van der Waals surface area contributed by atoms with Gasteiger partial charge in [0, 0.05) is 0 Å². The van der Waals surface area contributed by atoms with Crippen molar-refractivity contribution in [3.8, 4) is 0 Å². The molecule has 0 radical (unpaired) electrons. The molecule has 10 heteroatoms. The van der Waals surface area contributed by atoms with Crippen LogP contribution in [0.2, 0.25) is 0 Å². The number of nitrogens with one attached hydrogen (secondary N) is 1. The van der Waals surface area contributed by atoms with Crippen LogP contribution in [0.4, 0.5) is 5.82 Å². The Labute approximate surface area is 131 Å². The standard InChI is InChI=1S/C12H18N4O5S/c1-12(2)20-6-4(3-17)19-10(7(6)21-12)16-8(13)5(9(14)18)15-11(16)22/h4,6-7,10,17H,3,13H2,1-2H3,(H2,14,18)(H,15,22)/t4-,6-,7-,10-/m1/s1. The Bertz CT molecular complexity index is 669. The fourth-order valence-electron chi connectivity index (χ4n) is 2.92. The zero-order valence-electron chi connectivity index (χ0n) is 12.1. The highest BCUT2D eigenvalue weighted by molar-refractivity contribution is 7.71. The molecule has 1 aromatic rings. The molecule has 3 heterocycles. The number of nitrogen functional groups attached to an aromatic ring is 1. The monoisotopic (exact) mass is 330 g/mol. The second-order valence-electron chi connectivity index (χ2n) is 5.74. The number of nitrogens with two attached hydrogens (primary N) is 2. The van der Waals surface area contributed by atoms with Gasteiger partial charge < -0.3 is 35.8 Å². The Morgan fingerprint density at radius 1 is 1.45 bits per heavy atom. The van der Waals surface area contributed by atoms with Crippen molar-refractivity contribution in [1.82, 2.24) is 9.55 Å². The molecule has 2 aliphatic rings. The van der Waals surface area contributed by atoms with Crippen LogP contribution in [0.3, 0.4) is 0 Å². The number of anilines is 1. The van der Waals surface area contributed by atoms with E-state index in [9.17, 15) is 9.90 Å². The molecule has 9 nitrogen and oxygen atoms in total. The molecular weight excluding hydrogens is 312 g/mol. The van der Waals surface area contributed by atoms with Gasteiger partial charge in [-0.3, -0.25) is 9.36 Å². The number of carbonyl (C=O) groups excluding carboxylic acids is 1. The van der Waals surface area contributed by atoms with Crippen molar-refractivity contribution < 1.29 is 24.1 Å². The molecule has 0 unspecified atom stereocenters. The average Bonchev–Trinajstić information content (AvgIpc) is 2.99. The topological polar surface area (TPSA) is 138 Å². The lowest BCUT2D eigenvalue weighted by Gasteiger charge is -2.24. The number of aromatic amines is 1. The van der Waals surface area contributed by atoms with Gasteiger partial charge in [0.2, 0.25) is 0 Å². The number of nitrogens with zero attached hydrogens (tertiary/aromatic N) is 1. The number of H-pyrrole nitrogens is 1. The Morgan fingerprint density at radius 3 is 2.64 bits per heavy atom. The molecule has 2 saturated heterocycles. The second-order valence-corrected chi connectivity index (χ2v) is 6.12. The number of amides is 1. The highest BCUT2D eigenvalue weighted by Gasteiger charge is 2.56. The minimum Gasteiger partial charge on any atom is -0.394 e. The molecule has 2 aliphatic heterocycles. The summed E-state index contributed by atoms with van der Waals surface area (Å²) >= 11 is 5.19. The number of aliphatic hydroxyl groups is 1. The van der Waals surface area contributed by atoms with Crippen molar-refractivity contribution in [1.29, 1.82) is 0 Å². The summed E-state index contributed by atoms with van der Waals surface area (Å²) in [5, 5.41) is 9.47. The van der Waals surface area contributed by atoms with E-state index in [2.05, 4.69) is 4.98 Å². The van der Waals surface area contributed by atoms with Crippen molar-refractivity contribution in [2.24, 2.45) is 5.73 Å². The molecule has 0 aliphatic carbocycles.